The van der Waals surface area contributed by atoms with Gasteiger partial charge in [-0.15, -0.1) is 0 Å². The van der Waals surface area contributed by atoms with E-state index in [0.717, 1.165) is 60.7 Å². The molecule has 5 aromatic carbocycles. The predicted molar refractivity (Wildman–Crippen MR) is 387 cm³/mol. The van der Waals surface area contributed by atoms with Gasteiger partial charge in [0, 0.05) is 47.2 Å². The zero-order valence-electron chi connectivity index (χ0n) is 60.0. The monoisotopic (exact) mass is 1570 g/mol. The molecule has 38 heteroatoms. The lowest BCUT2D eigenvalue weighted by atomic mass is 9.86. The number of nitrogens with one attached hydrogen (secondary N) is 8. The molecule has 12 rings (SSSR count). The van der Waals surface area contributed by atoms with Gasteiger partial charge >= 0.3 is 0 Å². The molecule has 11 bridgehead atoms. The highest BCUT2D eigenvalue weighted by Crippen LogP contribution is 2.50. The van der Waals surface area contributed by atoms with Crippen molar-refractivity contribution in [2.75, 3.05) is 26.7 Å². The number of likely N-dealkylation sites (N-methyl/N-ethyl adjacent to an activating group) is 1. The van der Waals surface area contributed by atoms with Crippen LogP contribution in [0.3, 0.4) is 0 Å². The second-order valence-electron chi connectivity index (χ2n) is 28.0. The molecule has 0 aromatic heterocycles. The molecule has 0 aliphatic carbocycles. The fourth-order valence-corrected chi connectivity index (χ4v) is 14.0. The van der Waals surface area contributed by atoms with Crippen LogP contribution in [-0.2, 0) is 52.6 Å². The Labute approximate surface area is 638 Å². The molecule has 0 radical (unpaired) electrons. The molecule has 2 fully saturated rings. The number of unbranched alkanes of at least 4 members (excludes halogenated alkanes) is 3. The van der Waals surface area contributed by atoms with Crippen LogP contribution in [-0.4, -0.2) is 199 Å². The van der Waals surface area contributed by atoms with Crippen molar-refractivity contribution in [3.63, 3.8) is 0 Å². The van der Waals surface area contributed by atoms with E-state index in [9.17, 15) is 65.1 Å². The fraction of sp³-hybridized carbons (Fsp3) is 0.472. The minimum absolute atomic E-state index is 0.0298. The van der Waals surface area contributed by atoms with Gasteiger partial charge in [-0.2, -0.15) is 0 Å². The molecule has 8 amide bonds. The number of aliphatic hydroxyl groups excluding tert-OH is 6. The summed E-state index contributed by atoms with van der Waals surface area (Å²) in [5, 5.41) is 128. The second kappa shape index (κ2) is 35.4. The third-order valence-electron chi connectivity index (χ3n) is 19.3. The van der Waals surface area contributed by atoms with Crippen molar-refractivity contribution in [1.82, 2.24) is 42.5 Å². The number of azide groups is 1. The second-order valence-corrected chi connectivity index (χ2v) is 28.9. The molecular formula is C72H87Cl2N13O23. The van der Waals surface area contributed by atoms with Gasteiger partial charge in [-0.1, -0.05) is 73.2 Å². The van der Waals surface area contributed by atoms with Crippen molar-refractivity contribution in [1.29, 1.82) is 0 Å². The van der Waals surface area contributed by atoms with Crippen molar-refractivity contribution in [2.45, 2.75) is 182 Å². The maximum absolute atomic E-state index is 16.2. The fourth-order valence-electron chi connectivity index (χ4n) is 13.5. The number of halogens is 2. The number of ether oxygens (including phenoxy) is 6. The van der Waals surface area contributed by atoms with Gasteiger partial charge in [0.15, 0.2) is 23.9 Å². The highest BCUT2D eigenvalue weighted by atomic mass is 35.5. The lowest BCUT2D eigenvalue weighted by Crippen LogP contribution is -2.64. The predicted octanol–water partition coefficient (Wildman–Crippen LogP) is 2.01. The number of nitrogens with zero attached hydrogens (tertiary/aromatic N) is 3. The van der Waals surface area contributed by atoms with Gasteiger partial charge in [-0.25, -0.2) is 0 Å². The van der Waals surface area contributed by atoms with Gasteiger partial charge in [0.2, 0.25) is 59.3 Å². The number of phenols is 3. The van der Waals surface area contributed by atoms with Crippen LogP contribution in [0.25, 0.3) is 21.6 Å². The number of primary amides is 1. The smallest absolute Gasteiger partial charge is 0.248 e. The molecule has 5 aromatic rings. The number of hydrogen-bond donors (Lipinski definition) is 19. The molecule has 0 unspecified atom stereocenters. The molecule has 36 nitrogen and oxygen atoms in total. The van der Waals surface area contributed by atoms with E-state index in [2.05, 4.69) is 52.6 Å². The van der Waals surface area contributed by atoms with E-state index in [-0.39, 0.29) is 70.6 Å². The van der Waals surface area contributed by atoms with Gasteiger partial charge in [0.1, 0.15) is 95.5 Å². The molecule has 18 atom stereocenters. The molecule has 21 N–H and O–H groups in total. The first-order valence-corrected chi connectivity index (χ1v) is 36.0. The number of carbonyl (C=O) groups excluding carboxylic acids is 8. The van der Waals surface area contributed by atoms with Gasteiger partial charge < -0.3 is 128 Å². The maximum Gasteiger partial charge on any atom is 0.248 e. The number of phenolic OH excluding ortho intramolecular Hbond substituents is 3. The molecule has 592 valence electrons. The summed E-state index contributed by atoms with van der Waals surface area (Å²) in [6.07, 6.45) is -16.5. The molecule has 0 spiro atoms. The van der Waals surface area contributed by atoms with E-state index in [1.54, 1.807) is 0 Å². The van der Waals surface area contributed by atoms with Crippen molar-refractivity contribution in [2.24, 2.45) is 22.5 Å². The highest BCUT2D eigenvalue weighted by molar-refractivity contribution is 6.32. The van der Waals surface area contributed by atoms with Crippen LogP contribution in [0.1, 0.15) is 131 Å². The number of aliphatic hydroxyl groups is 6. The van der Waals surface area contributed by atoms with E-state index in [4.69, 9.17) is 68.6 Å². The minimum Gasteiger partial charge on any atom is -0.508 e. The SMILES string of the molecule is CN[C@H](CC(C)C)C(=O)N[C@H]1C(=O)N[C@@H](CC(N)=O)C(=O)N[C@H]2C(=O)N[C@H]3C(=O)N[C@H](C(=O)N[C@H](C(=O)NCCCCCCN=[N+]=[N-])c4cc(O)cc(O)c4-c4cc3ccc4O)[C@H](O)c3ccc(c(Cl)c3)Oc3cc2cc(c3O[C@@H]2O[C@H](CO)[C@@H](O)[C@H](O)[C@H]2O[C@H]2C[C@](C)(N)[C@H](O)[C@H](C)O2)Oc2ccc(cc2Cl)[C@H]1O. The Morgan fingerprint density at radius 3 is 1.98 bits per heavy atom. The Morgan fingerprint density at radius 2 is 1.36 bits per heavy atom. The Kier molecular flexibility index (Phi) is 26.6. The summed E-state index contributed by atoms with van der Waals surface area (Å²) in [6.45, 7) is 5.87. The average molecular weight is 1570 g/mol. The van der Waals surface area contributed by atoms with Gasteiger partial charge in [-0.05, 0) is 134 Å². The van der Waals surface area contributed by atoms with Gasteiger partial charge in [-0.3, -0.25) is 38.4 Å². The van der Waals surface area contributed by atoms with Crippen LogP contribution in [0.15, 0.2) is 84.0 Å². The van der Waals surface area contributed by atoms with Crippen LogP contribution in [0, 0.1) is 5.92 Å². The molecule has 7 aliphatic rings. The highest BCUT2D eigenvalue weighted by Gasteiger charge is 2.52. The van der Waals surface area contributed by atoms with E-state index < -0.39 is 226 Å². The summed E-state index contributed by atoms with van der Waals surface area (Å²) >= 11 is 14.3. The van der Waals surface area contributed by atoms with Crippen LogP contribution in [0.2, 0.25) is 10.0 Å². The number of carbonyl (C=O) groups is 8. The van der Waals surface area contributed by atoms with E-state index in [1.165, 1.54) is 39.1 Å². The van der Waals surface area contributed by atoms with Gasteiger partial charge in [0.05, 0.1) is 41.3 Å². The minimum atomic E-state index is -2.34. The largest absolute Gasteiger partial charge is 0.508 e. The van der Waals surface area contributed by atoms with Crippen LogP contribution in [0.5, 0.6) is 46.0 Å². The normalized spacial score (nSPS) is 27.9. The number of benzene rings is 5. The number of fused-ring (bicyclic) bond motifs is 15. The number of rotatable bonds is 20. The van der Waals surface area contributed by atoms with Crippen molar-refractivity contribution >= 4 is 70.5 Å². The lowest BCUT2D eigenvalue weighted by Gasteiger charge is -2.47. The first-order chi connectivity index (χ1) is 52.2. The summed E-state index contributed by atoms with van der Waals surface area (Å²) in [4.78, 5) is 122. The zero-order valence-corrected chi connectivity index (χ0v) is 61.5. The summed E-state index contributed by atoms with van der Waals surface area (Å²) in [7, 11) is 1.48. The quantitative estimate of drug-likeness (QED) is 0.0229. The molecule has 7 aliphatic heterocycles. The summed E-state index contributed by atoms with van der Waals surface area (Å²) in [5.74, 6) is -14.7. The molecule has 2 saturated heterocycles. The zero-order chi connectivity index (χ0) is 79.9. The van der Waals surface area contributed by atoms with Gasteiger partial charge in [0.25, 0.3) is 0 Å². The summed E-state index contributed by atoms with van der Waals surface area (Å²) < 4.78 is 38.6. The van der Waals surface area contributed by atoms with E-state index >= 15 is 19.2 Å². The number of amides is 8. The first kappa shape index (κ1) is 82.6. The summed E-state index contributed by atoms with van der Waals surface area (Å²) in [5.41, 5.74) is 17.3. The molecular weight excluding hydrogens is 1490 g/mol. The Bertz CT molecular complexity index is 4360. The third-order valence-corrected chi connectivity index (χ3v) is 19.9. The molecule has 0 saturated carbocycles. The Hall–Kier alpha value is -9.89. The number of nitrogens with two attached hydrogens (primary N) is 2. The standard InChI is InChI=1S/C72H87Cl2N13O23/c1-29(2)18-40(78-5)64(98)85-55-57(93)32-11-14-44(38(73)20-32)106-46-22-34-23-47(61(46)110-71-62(60(96)59(95)48(28-88)108-71)109-50-27-72(4,76)63(97)30(3)105-50)107-45-15-12-33(21-39(45)74)58(94)56-70(104)84-54(66(100)79-16-8-6-7-9-17-80-87-77)37-24-35(89)25-43(91)51(37)36-19-31(10-13-42(36)90)52(67(101)86-56)83-68(102)53(34)82-65(99)41(26-49(75)92)81-69(55)103/h10-15,19-25,29-30,40-41,48,50,52-60,62-63,71,78,88-91,93-97H,6-9,16-18,26-28,76H2,1-5H3,(H2,75,92)(H,79,100)(H,81,103)(H,82,99)(H,83,102)(H,84,104)(H,85,98)(H,86,101)/t30-,40+,41-,48+,50-,52+,53+,54-,55+,56-,57+,58+,59+,60-,62+,63+,71-,72-/m0/s1. The number of aromatic hydroxyl groups is 3. The lowest BCUT2D eigenvalue weighted by molar-refractivity contribution is -0.333. The molecule has 110 heavy (non-hydrogen) atoms. The van der Waals surface area contributed by atoms with E-state index in [1.807, 2.05) is 13.8 Å². The number of hydrogen-bond acceptors (Lipinski definition) is 26. The van der Waals surface area contributed by atoms with Crippen LogP contribution in [0.4, 0.5) is 0 Å². The van der Waals surface area contributed by atoms with Crippen molar-refractivity contribution < 1.29 is 113 Å². The van der Waals surface area contributed by atoms with Crippen LogP contribution >= 0.6 is 23.2 Å². The Morgan fingerprint density at radius 1 is 0.736 bits per heavy atom. The first-order valence-electron chi connectivity index (χ1n) is 35.2. The summed E-state index contributed by atoms with van der Waals surface area (Å²) in [6, 6.07) is 0.251. The maximum atomic E-state index is 16.2. The van der Waals surface area contributed by atoms with Crippen molar-refractivity contribution in [3.8, 4) is 57.1 Å². The Balaban J connectivity index is 1.21. The third kappa shape index (κ3) is 18.8. The van der Waals surface area contributed by atoms with Crippen molar-refractivity contribution in [3.05, 3.63) is 127 Å². The molecule has 7 heterocycles. The average Bonchev–Trinajstić information content (AvgIpc) is 0.762. The topological polar surface area (TPSA) is 571 Å². The van der Waals surface area contributed by atoms with E-state index in [0.29, 0.717) is 25.7 Å². The van der Waals surface area contributed by atoms with Crippen LogP contribution < -0.4 is 68.2 Å².